The van der Waals surface area contributed by atoms with Crippen molar-refractivity contribution < 1.29 is 17.9 Å². The Morgan fingerprint density at radius 3 is 2.39 bits per heavy atom. The van der Waals surface area contributed by atoms with Crippen molar-refractivity contribution >= 4 is 31.4 Å². The molecular formula is C24H21NO4S2. The van der Waals surface area contributed by atoms with Crippen molar-refractivity contribution in [1.29, 1.82) is 0 Å². The molecule has 1 N–H and O–H groups in total. The summed E-state index contributed by atoms with van der Waals surface area (Å²) in [5, 5.41) is 1.10. The molecule has 0 radical (unpaired) electrons. The van der Waals surface area contributed by atoms with E-state index in [1.807, 2.05) is 60.7 Å². The Kier molecular flexibility index (Phi) is 5.40. The first-order chi connectivity index (χ1) is 15.1. The molecule has 1 aromatic heterocycles. The SMILES string of the molecule is O=S(=O)(NC(c1ccccc1)c1cc2ccccc2s1)c1ccc2c(c1)OCCCO2. The molecule has 1 aliphatic rings. The standard InChI is InChI=1S/C24H21NO4S2/c26-31(27,19-11-12-20-21(16-19)29-14-6-13-28-20)25-24(17-7-2-1-3-8-17)23-15-18-9-4-5-10-22(18)30-23/h1-5,7-12,15-16,24-25H,6,13-14H2. The summed E-state index contributed by atoms with van der Waals surface area (Å²) >= 11 is 1.59. The number of sulfonamides is 1. The van der Waals surface area contributed by atoms with Crippen LogP contribution in [0, 0.1) is 0 Å². The van der Waals surface area contributed by atoms with Gasteiger partial charge in [0.15, 0.2) is 11.5 Å². The van der Waals surface area contributed by atoms with E-state index < -0.39 is 16.1 Å². The van der Waals surface area contributed by atoms with Crippen LogP contribution >= 0.6 is 11.3 Å². The summed E-state index contributed by atoms with van der Waals surface area (Å²) in [6, 6.07) is 24.0. The fraction of sp³-hybridized carbons (Fsp3) is 0.167. The molecule has 2 heterocycles. The maximum absolute atomic E-state index is 13.4. The first-order valence-corrected chi connectivity index (χ1v) is 12.4. The lowest BCUT2D eigenvalue weighted by atomic mass is 10.1. The fourth-order valence-corrected chi connectivity index (χ4v) is 6.05. The minimum absolute atomic E-state index is 0.152. The first kappa shape index (κ1) is 20.1. The van der Waals surface area contributed by atoms with E-state index in [0.717, 1.165) is 26.9 Å². The van der Waals surface area contributed by atoms with E-state index in [2.05, 4.69) is 4.72 Å². The van der Waals surface area contributed by atoms with Crippen LogP contribution in [0.2, 0.25) is 0 Å². The summed E-state index contributed by atoms with van der Waals surface area (Å²) in [5.41, 5.74) is 0.881. The summed E-state index contributed by atoms with van der Waals surface area (Å²) in [6.45, 7) is 1.05. The van der Waals surface area contributed by atoms with Crippen molar-refractivity contribution in [2.45, 2.75) is 17.4 Å². The quantitative estimate of drug-likeness (QED) is 0.457. The molecule has 0 spiro atoms. The van der Waals surface area contributed by atoms with Crippen molar-refractivity contribution in [3.8, 4) is 11.5 Å². The Hall–Kier alpha value is -2.87. The van der Waals surface area contributed by atoms with Gasteiger partial charge in [-0.05, 0) is 35.2 Å². The van der Waals surface area contributed by atoms with Crippen LogP contribution in [0.15, 0.2) is 83.8 Å². The number of thiophene rings is 1. The Morgan fingerprint density at radius 2 is 1.58 bits per heavy atom. The minimum atomic E-state index is -3.82. The lowest BCUT2D eigenvalue weighted by Crippen LogP contribution is -2.29. The Bertz CT molecular complexity index is 1280. The van der Waals surface area contributed by atoms with Crippen molar-refractivity contribution in [1.82, 2.24) is 4.72 Å². The second-order valence-corrected chi connectivity index (χ2v) is 10.1. The number of benzene rings is 3. The predicted octanol–water partition coefficient (Wildman–Crippen LogP) is 5.13. The van der Waals surface area contributed by atoms with Gasteiger partial charge in [-0.3, -0.25) is 0 Å². The Morgan fingerprint density at radius 1 is 0.839 bits per heavy atom. The van der Waals surface area contributed by atoms with Gasteiger partial charge in [0.05, 0.1) is 24.2 Å². The molecule has 1 atom stereocenters. The summed E-state index contributed by atoms with van der Waals surface area (Å²) in [6.07, 6.45) is 0.761. The number of nitrogens with one attached hydrogen (secondary N) is 1. The fourth-order valence-electron chi connectivity index (χ4n) is 3.61. The van der Waals surface area contributed by atoms with Crippen LogP contribution < -0.4 is 14.2 Å². The molecule has 5 nitrogen and oxygen atoms in total. The third kappa shape index (κ3) is 4.17. The summed E-state index contributed by atoms with van der Waals surface area (Å²) in [5.74, 6) is 1.03. The van der Waals surface area contributed by atoms with Crippen molar-refractivity contribution in [2.24, 2.45) is 0 Å². The van der Waals surface area contributed by atoms with Gasteiger partial charge in [-0.25, -0.2) is 8.42 Å². The van der Waals surface area contributed by atoms with Crippen LogP contribution in [0.3, 0.4) is 0 Å². The summed E-state index contributed by atoms with van der Waals surface area (Å²) in [4.78, 5) is 1.09. The number of rotatable bonds is 5. The molecule has 4 aromatic rings. The molecule has 0 saturated carbocycles. The zero-order chi connectivity index (χ0) is 21.3. The van der Waals surface area contributed by atoms with Gasteiger partial charge in [0.2, 0.25) is 10.0 Å². The summed E-state index contributed by atoms with van der Waals surface area (Å²) < 4.78 is 42.1. The number of ether oxygens (including phenoxy) is 2. The van der Waals surface area contributed by atoms with Crippen LogP contribution in [0.1, 0.15) is 22.9 Å². The average Bonchev–Trinajstić information content (AvgIpc) is 3.08. The molecule has 0 fully saturated rings. The smallest absolute Gasteiger partial charge is 0.241 e. The molecule has 31 heavy (non-hydrogen) atoms. The van der Waals surface area contributed by atoms with Crippen LogP contribution in [0.25, 0.3) is 10.1 Å². The molecule has 1 aliphatic heterocycles. The maximum atomic E-state index is 13.4. The highest BCUT2D eigenvalue weighted by molar-refractivity contribution is 7.89. The van der Waals surface area contributed by atoms with Crippen molar-refractivity contribution in [3.05, 3.63) is 89.3 Å². The maximum Gasteiger partial charge on any atom is 0.241 e. The third-order valence-electron chi connectivity index (χ3n) is 5.16. The molecule has 1 unspecified atom stereocenters. The van der Waals surface area contributed by atoms with E-state index in [0.29, 0.717) is 24.7 Å². The number of hydrogen-bond acceptors (Lipinski definition) is 5. The average molecular weight is 452 g/mol. The van der Waals surface area contributed by atoms with Crippen molar-refractivity contribution in [3.63, 3.8) is 0 Å². The Labute approximate surface area is 185 Å². The van der Waals surface area contributed by atoms with Crippen LogP contribution in [-0.2, 0) is 10.0 Å². The topological polar surface area (TPSA) is 64.6 Å². The highest BCUT2D eigenvalue weighted by atomic mass is 32.2. The van der Waals surface area contributed by atoms with E-state index in [9.17, 15) is 8.42 Å². The molecule has 3 aromatic carbocycles. The highest BCUT2D eigenvalue weighted by Crippen LogP contribution is 2.36. The van der Waals surface area contributed by atoms with Gasteiger partial charge in [0.1, 0.15) is 0 Å². The second kappa shape index (κ2) is 8.34. The zero-order valence-corrected chi connectivity index (χ0v) is 18.3. The van der Waals surface area contributed by atoms with E-state index in [4.69, 9.17) is 9.47 Å². The van der Waals surface area contributed by atoms with E-state index in [-0.39, 0.29) is 4.90 Å². The van der Waals surface area contributed by atoms with Crippen LogP contribution in [-0.4, -0.2) is 21.6 Å². The molecule has 0 bridgehead atoms. The number of hydrogen-bond donors (Lipinski definition) is 1. The van der Waals surface area contributed by atoms with Crippen LogP contribution in [0.5, 0.6) is 11.5 Å². The molecule has 158 valence electrons. The molecular weight excluding hydrogens is 430 g/mol. The van der Waals surface area contributed by atoms with Gasteiger partial charge < -0.3 is 9.47 Å². The second-order valence-electron chi connectivity index (χ2n) is 7.31. The zero-order valence-electron chi connectivity index (χ0n) is 16.7. The molecule has 0 saturated heterocycles. The number of fused-ring (bicyclic) bond motifs is 2. The molecule has 0 aliphatic carbocycles. The van der Waals surface area contributed by atoms with Crippen molar-refractivity contribution in [2.75, 3.05) is 13.2 Å². The molecule has 5 rings (SSSR count). The molecule has 7 heteroatoms. The van der Waals surface area contributed by atoms with Gasteiger partial charge in [0, 0.05) is 22.1 Å². The molecule has 0 amide bonds. The Balaban J connectivity index is 1.54. The summed E-state index contributed by atoms with van der Waals surface area (Å²) in [7, 11) is -3.82. The van der Waals surface area contributed by atoms with E-state index in [1.165, 1.54) is 6.07 Å². The van der Waals surface area contributed by atoms with Gasteiger partial charge in [-0.2, -0.15) is 4.72 Å². The largest absolute Gasteiger partial charge is 0.490 e. The van der Waals surface area contributed by atoms with Crippen LogP contribution in [0.4, 0.5) is 0 Å². The third-order valence-corrected chi connectivity index (χ3v) is 7.77. The van der Waals surface area contributed by atoms with Gasteiger partial charge >= 0.3 is 0 Å². The normalized spacial score (nSPS) is 14.8. The lowest BCUT2D eigenvalue weighted by molar-refractivity contribution is 0.297. The van der Waals surface area contributed by atoms with Gasteiger partial charge in [-0.15, -0.1) is 11.3 Å². The lowest BCUT2D eigenvalue weighted by Gasteiger charge is -2.19. The first-order valence-electron chi connectivity index (χ1n) is 10.1. The van der Waals surface area contributed by atoms with E-state index >= 15 is 0 Å². The van der Waals surface area contributed by atoms with E-state index in [1.54, 1.807) is 23.5 Å². The highest BCUT2D eigenvalue weighted by Gasteiger charge is 2.26. The predicted molar refractivity (Wildman–Crippen MR) is 122 cm³/mol. The monoisotopic (exact) mass is 451 g/mol. The minimum Gasteiger partial charge on any atom is -0.490 e. The van der Waals surface area contributed by atoms with Gasteiger partial charge in [0.25, 0.3) is 0 Å². The van der Waals surface area contributed by atoms with Gasteiger partial charge in [-0.1, -0.05) is 48.5 Å².